The van der Waals surface area contributed by atoms with Crippen molar-refractivity contribution in [3.63, 3.8) is 0 Å². The Morgan fingerprint density at radius 3 is 2.66 bits per heavy atom. The van der Waals surface area contributed by atoms with E-state index in [9.17, 15) is 9.59 Å². The van der Waals surface area contributed by atoms with Crippen molar-refractivity contribution in [2.24, 2.45) is 5.92 Å². The topological polar surface area (TPSA) is 93.0 Å². The van der Waals surface area contributed by atoms with Gasteiger partial charge in [-0.2, -0.15) is 0 Å². The van der Waals surface area contributed by atoms with Crippen LogP contribution in [0.1, 0.15) is 49.2 Å². The van der Waals surface area contributed by atoms with E-state index in [0.717, 1.165) is 25.0 Å². The summed E-state index contributed by atoms with van der Waals surface area (Å²) in [6.45, 7) is 5.96. The third kappa shape index (κ3) is 4.36. The highest BCUT2D eigenvalue weighted by atomic mass is 16.2. The smallest absolute Gasteiger partial charge is 0.251 e. The normalized spacial score (nSPS) is 19.8. The zero-order chi connectivity index (χ0) is 20.4. The highest BCUT2D eigenvalue weighted by Crippen LogP contribution is 2.31. The second kappa shape index (κ2) is 8.14. The van der Waals surface area contributed by atoms with Crippen LogP contribution in [-0.2, 0) is 11.3 Å². The quantitative estimate of drug-likeness (QED) is 0.781. The molecule has 8 heteroatoms. The number of nitrogens with one attached hydrogen (secondary N) is 1. The molecule has 1 unspecified atom stereocenters. The zero-order valence-corrected chi connectivity index (χ0v) is 16.8. The maximum absolute atomic E-state index is 12.7. The molecule has 3 heterocycles. The first-order chi connectivity index (χ1) is 14.0. The summed E-state index contributed by atoms with van der Waals surface area (Å²) < 4.78 is 1.79. The number of hydrogen-bond donors (Lipinski definition) is 1. The molecule has 0 aromatic carbocycles. The van der Waals surface area contributed by atoms with Crippen molar-refractivity contribution in [3.8, 4) is 0 Å². The van der Waals surface area contributed by atoms with E-state index in [1.165, 1.54) is 11.1 Å². The summed E-state index contributed by atoms with van der Waals surface area (Å²) in [7, 11) is 0. The van der Waals surface area contributed by atoms with Gasteiger partial charge in [-0.3, -0.25) is 14.6 Å². The van der Waals surface area contributed by atoms with Crippen molar-refractivity contribution < 1.29 is 9.59 Å². The van der Waals surface area contributed by atoms with Crippen LogP contribution < -0.4 is 5.32 Å². The van der Waals surface area contributed by atoms with Crippen LogP contribution >= 0.6 is 0 Å². The van der Waals surface area contributed by atoms with Gasteiger partial charge in [-0.05, 0) is 45.2 Å². The van der Waals surface area contributed by atoms with Gasteiger partial charge in [0.2, 0.25) is 5.91 Å². The number of hydrogen-bond acceptors (Lipinski definition) is 5. The van der Waals surface area contributed by atoms with Crippen LogP contribution in [-0.4, -0.2) is 55.6 Å². The largest absolute Gasteiger partial charge is 0.346 e. The number of rotatable bonds is 5. The van der Waals surface area contributed by atoms with E-state index in [1.54, 1.807) is 35.6 Å². The van der Waals surface area contributed by atoms with E-state index >= 15 is 0 Å². The molecule has 1 aliphatic heterocycles. The fourth-order valence-electron chi connectivity index (χ4n) is 3.93. The van der Waals surface area contributed by atoms with Gasteiger partial charge in [0.05, 0.1) is 18.3 Å². The molecule has 4 rings (SSSR count). The predicted octanol–water partition coefficient (Wildman–Crippen LogP) is 1.80. The maximum Gasteiger partial charge on any atom is 0.251 e. The third-order valence-corrected chi connectivity index (χ3v) is 5.92. The molecule has 2 aromatic rings. The summed E-state index contributed by atoms with van der Waals surface area (Å²) in [5.74, 6) is 0.180. The maximum atomic E-state index is 12.7. The fraction of sp³-hybridized carbons (Fsp3) is 0.476. The van der Waals surface area contributed by atoms with Crippen LogP contribution in [0.15, 0.2) is 42.1 Å². The molecule has 1 atom stereocenters. The average molecular weight is 394 g/mol. The van der Waals surface area contributed by atoms with E-state index in [0.29, 0.717) is 25.2 Å². The van der Waals surface area contributed by atoms with Gasteiger partial charge in [0.1, 0.15) is 12.7 Å². The summed E-state index contributed by atoms with van der Waals surface area (Å²) >= 11 is 0. The Kier molecular flexibility index (Phi) is 5.42. The standard InChI is InChI=1S/C21H26N6O2/c1-14-3-4-17(7-15(14)2)21(29)27-10-19(11-27)25-20(28)16-5-6-22-18(8-16)9-26-12-23-24-13-26/h5-6,8,12-13,17,19H,3-4,7,9-11H2,1-2H3,(H,25,28). The predicted molar refractivity (Wildman–Crippen MR) is 107 cm³/mol. The third-order valence-electron chi connectivity index (χ3n) is 5.92. The average Bonchev–Trinajstić information content (AvgIpc) is 3.19. The first kappa shape index (κ1) is 19.3. The van der Waals surface area contributed by atoms with E-state index < -0.39 is 0 Å². The van der Waals surface area contributed by atoms with Crippen molar-refractivity contribution in [1.29, 1.82) is 0 Å². The summed E-state index contributed by atoms with van der Waals surface area (Å²) in [5, 5.41) is 10.6. The number of carbonyl (C=O) groups is 2. The summed E-state index contributed by atoms with van der Waals surface area (Å²) in [5.41, 5.74) is 4.10. The molecule has 1 aliphatic carbocycles. The van der Waals surface area contributed by atoms with Crippen LogP contribution in [0.25, 0.3) is 0 Å². The van der Waals surface area contributed by atoms with Crippen LogP contribution in [0.4, 0.5) is 0 Å². The summed E-state index contributed by atoms with van der Waals surface area (Å²) in [6.07, 6.45) is 7.66. The minimum Gasteiger partial charge on any atom is -0.346 e. The van der Waals surface area contributed by atoms with Gasteiger partial charge in [0, 0.05) is 30.8 Å². The van der Waals surface area contributed by atoms with Crippen molar-refractivity contribution in [2.75, 3.05) is 13.1 Å². The van der Waals surface area contributed by atoms with Gasteiger partial charge < -0.3 is 14.8 Å². The lowest BCUT2D eigenvalue weighted by Crippen LogP contribution is -2.62. The Labute approximate surface area is 170 Å². The summed E-state index contributed by atoms with van der Waals surface area (Å²) in [6, 6.07) is 3.48. The number of nitrogens with zero attached hydrogens (tertiary/aromatic N) is 5. The lowest BCUT2D eigenvalue weighted by Gasteiger charge is -2.42. The van der Waals surface area contributed by atoms with Crippen LogP contribution in [0.3, 0.4) is 0 Å². The van der Waals surface area contributed by atoms with E-state index in [-0.39, 0.29) is 23.8 Å². The molecule has 2 amide bonds. The Hall–Kier alpha value is -3.03. The number of carbonyl (C=O) groups excluding carboxylic acids is 2. The molecule has 2 aromatic heterocycles. The minimum absolute atomic E-state index is 0.00267. The first-order valence-electron chi connectivity index (χ1n) is 10.0. The SMILES string of the molecule is CC1=C(C)CC(C(=O)N2CC(NC(=O)c3ccnc(Cn4cnnc4)c3)C2)CC1. The highest BCUT2D eigenvalue weighted by Gasteiger charge is 2.36. The molecular weight excluding hydrogens is 368 g/mol. The lowest BCUT2D eigenvalue weighted by molar-refractivity contribution is -0.140. The van der Waals surface area contributed by atoms with Crippen molar-refractivity contribution in [2.45, 2.75) is 45.7 Å². The zero-order valence-electron chi connectivity index (χ0n) is 16.8. The molecule has 29 heavy (non-hydrogen) atoms. The molecular formula is C21H26N6O2. The lowest BCUT2D eigenvalue weighted by atomic mass is 9.83. The number of aromatic nitrogens is 4. The van der Waals surface area contributed by atoms with Crippen LogP contribution in [0, 0.1) is 5.92 Å². The molecule has 8 nitrogen and oxygen atoms in total. The molecule has 0 spiro atoms. The molecule has 152 valence electrons. The second-order valence-corrected chi connectivity index (χ2v) is 8.08. The molecule has 0 bridgehead atoms. The number of likely N-dealkylation sites (tertiary alicyclic amines) is 1. The highest BCUT2D eigenvalue weighted by molar-refractivity contribution is 5.94. The van der Waals surface area contributed by atoms with Crippen LogP contribution in [0.5, 0.6) is 0 Å². The van der Waals surface area contributed by atoms with Gasteiger partial charge in [-0.15, -0.1) is 10.2 Å². The molecule has 0 saturated carbocycles. The molecule has 1 saturated heterocycles. The number of amides is 2. The monoisotopic (exact) mass is 394 g/mol. The second-order valence-electron chi connectivity index (χ2n) is 8.08. The van der Waals surface area contributed by atoms with Gasteiger partial charge in [-0.25, -0.2) is 0 Å². The molecule has 2 aliphatic rings. The Bertz CT molecular complexity index is 930. The first-order valence-corrected chi connectivity index (χ1v) is 10.0. The Morgan fingerprint density at radius 2 is 1.93 bits per heavy atom. The van der Waals surface area contributed by atoms with E-state index in [1.807, 2.05) is 4.90 Å². The number of pyridine rings is 1. The van der Waals surface area contributed by atoms with Gasteiger partial charge in [-0.1, -0.05) is 11.1 Å². The van der Waals surface area contributed by atoms with Crippen molar-refractivity contribution in [1.82, 2.24) is 30.0 Å². The minimum atomic E-state index is -0.137. The number of allylic oxidation sites excluding steroid dienone is 2. The van der Waals surface area contributed by atoms with Gasteiger partial charge in [0.25, 0.3) is 5.91 Å². The molecule has 1 N–H and O–H groups in total. The summed E-state index contributed by atoms with van der Waals surface area (Å²) in [4.78, 5) is 31.4. The van der Waals surface area contributed by atoms with Gasteiger partial charge >= 0.3 is 0 Å². The molecule has 1 fully saturated rings. The molecule has 0 radical (unpaired) electrons. The van der Waals surface area contributed by atoms with E-state index in [2.05, 4.69) is 34.3 Å². The van der Waals surface area contributed by atoms with E-state index in [4.69, 9.17) is 0 Å². The van der Waals surface area contributed by atoms with Crippen molar-refractivity contribution in [3.05, 3.63) is 53.4 Å². The van der Waals surface area contributed by atoms with Crippen LogP contribution in [0.2, 0.25) is 0 Å². The van der Waals surface area contributed by atoms with Crippen molar-refractivity contribution >= 4 is 11.8 Å². The van der Waals surface area contributed by atoms with Gasteiger partial charge in [0.15, 0.2) is 0 Å². The Morgan fingerprint density at radius 1 is 1.17 bits per heavy atom. The fourth-order valence-corrected chi connectivity index (χ4v) is 3.93. The Balaban J connectivity index is 1.28.